The van der Waals surface area contributed by atoms with E-state index in [0.717, 1.165) is 6.42 Å². The predicted octanol–water partition coefficient (Wildman–Crippen LogP) is 4.11. The Kier molecular flexibility index (Phi) is 5.08. The van der Waals surface area contributed by atoms with E-state index >= 15 is 0 Å². The van der Waals surface area contributed by atoms with Crippen LogP contribution >= 0.6 is 0 Å². The quantitative estimate of drug-likeness (QED) is 0.895. The molecule has 0 amide bonds. The van der Waals surface area contributed by atoms with Crippen LogP contribution in [0.3, 0.4) is 0 Å². The smallest absolute Gasteiger partial charge is 0.123 e. The van der Waals surface area contributed by atoms with Gasteiger partial charge in [-0.15, -0.1) is 0 Å². The maximum atomic E-state index is 13.3. The molecule has 2 rings (SSSR count). The third-order valence-corrected chi connectivity index (χ3v) is 3.67. The number of rotatable bonds is 5. The number of hydrogen-bond acceptors (Lipinski definition) is 2. The second-order valence-electron chi connectivity index (χ2n) is 5.11. The van der Waals surface area contributed by atoms with Gasteiger partial charge in [0, 0.05) is 12.6 Å². The van der Waals surface area contributed by atoms with E-state index in [1.807, 2.05) is 0 Å². The molecule has 0 aliphatic heterocycles. The average molecular weight is 282 g/mol. The Hall–Kier alpha value is -2.18. The van der Waals surface area contributed by atoms with Crippen LogP contribution in [0.1, 0.15) is 42.1 Å². The van der Waals surface area contributed by atoms with Gasteiger partial charge in [0.1, 0.15) is 5.82 Å². The number of hydrogen-bond donors (Lipinski definition) is 1. The van der Waals surface area contributed by atoms with Crippen LogP contribution in [0.5, 0.6) is 0 Å². The largest absolute Gasteiger partial charge is 0.306 e. The molecule has 2 nitrogen and oxygen atoms in total. The zero-order valence-corrected chi connectivity index (χ0v) is 12.4. The molecule has 0 aromatic heterocycles. The highest BCUT2D eigenvalue weighted by molar-refractivity contribution is 5.38. The van der Waals surface area contributed by atoms with Gasteiger partial charge >= 0.3 is 0 Å². The van der Waals surface area contributed by atoms with Gasteiger partial charge in [-0.1, -0.05) is 31.2 Å². The SMILES string of the molecule is CCc1ccc(C(C)NCc2cc(F)ccc2C#N)cc1. The van der Waals surface area contributed by atoms with E-state index in [-0.39, 0.29) is 11.9 Å². The predicted molar refractivity (Wildman–Crippen MR) is 82.2 cm³/mol. The van der Waals surface area contributed by atoms with Crippen LogP contribution in [-0.4, -0.2) is 0 Å². The zero-order valence-electron chi connectivity index (χ0n) is 12.4. The van der Waals surface area contributed by atoms with E-state index in [4.69, 9.17) is 5.26 Å². The summed E-state index contributed by atoms with van der Waals surface area (Å²) in [6.45, 7) is 4.66. The van der Waals surface area contributed by atoms with Crippen molar-refractivity contribution < 1.29 is 4.39 Å². The molecular formula is C18H19FN2. The molecule has 0 aliphatic rings. The molecule has 0 fully saturated rings. The Labute approximate surface area is 125 Å². The summed E-state index contributed by atoms with van der Waals surface area (Å²) in [5.74, 6) is -0.314. The number of nitrogens with one attached hydrogen (secondary N) is 1. The van der Waals surface area contributed by atoms with Crippen molar-refractivity contribution in [3.05, 3.63) is 70.5 Å². The summed E-state index contributed by atoms with van der Waals surface area (Å²) in [6.07, 6.45) is 1.02. The first-order chi connectivity index (χ1) is 10.1. The molecule has 108 valence electrons. The molecule has 1 unspecified atom stereocenters. The minimum absolute atomic E-state index is 0.144. The van der Waals surface area contributed by atoms with Gasteiger partial charge in [0.25, 0.3) is 0 Å². The van der Waals surface area contributed by atoms with Crippen LogP contribution in [0.15, 0.2) is 42.5 Å². The molecule has 1 N–H and O–H groups in total. The van der Waals surface area contributed by atoms with E-state index in [0.29, 0.717) is 17.7 Å². The summed E-state index contributed by atoms with van der Waals surface area (Å²) in [4.78, 5) is 0. The Bertz CT molecular complexity index is 641. The van der Waals surface area contributed by atoms with Crippen molar-refractivity contribution in [2.45, 2.75) is 32.9 Å². The standard InChI is InChI=1S/C18H19FN2/c1-3-14-4-6-15(7-5-14)13(2)21-12-17-10-18(19)9-8-16(17)11-20/h4-10,13,21H,3,12H2,1-2H3. The van der Waals surface area contributed by atoms with E-state index in [9.17, 15) is 4.39 Å². The van der Waals surface area contributed by atoms with Gasteiger partial charge in [-0.25, -0.2) is 4.39 Å². The lowest BCUT2D eigenvalue weighted by Crippen LogP contribution is -2.18. The third kappa shape index (κ3) is 3.90. The fourth-order valence-electron chi connectivity index (χ4n) is 2.24. The summed E-state index contributed by atoms with van der Waals surface area (Å²) in [5.41, 5.74) is 3.69. The van der Waals surface area contributed by atoms with Crippen LogP contribution in [0, 0.1) is 17.1 Å². The highest BCUT2D eigenvalue weighted by Gasteiger charge is 2.08. The van der Waals surface area contributed by atoms with Crippen molar-refractivity contribution in [1.29, 1.82) is 5.26 Å². The number of benzene rings is 2. The maximum Gasteiger partial charge on any atom is 0.123 e. The minimum Gasteiger partial charge on any atom is -0.306 e. The van der Waals surface area contributed by atoms with Crippen LogP contribution in [0.2, 0.25) is 0 Å². The molecule has 2 aromatic rings. The molecule has 2 aromatic carbocycles. The highest BCUT2D eigenvalue weighted by atomic mass is 19.1. The lowest BCUT2D eigenvalue weighted by molar-refractivity contribution is 0.568. The molecular weight excluding hydrogens is 263 g/mol. The molecule has 0 saturated heterocycles. The van der Waals surface area contributed by atoms with Crippen LogP contribution in [-0.2, 0) is 13.0 Å². The second kappa shape index (κ2) is 7.01. The van der Waals surface area contributed by atoms with Gasteiger partial charge in [0.15, 0.2) is 0 Å². The fourth-order valence-corrected chi connectivity index (χ4v) is 2.24. The van der Waals surface area contributed by atoms with Crippen LogP contribution in [0.4, 0.5) is 4.39 Å². The molecule has 3 heteroatoms. The molecule has 0 aliphatic carbocycles. The normalized spacial score (nSPS) is 11.9. The summed E-state index contributed by atoms with van der Waals surface area (Å²) in [6, 6.07) is 14.9. The minimum atomic E-state index is -0.314. The van der Waals surface area contributed by atoms with Crippen molar-refractivity contribution in [2.75, 3.05) is 0 Å². The van der Waals surface area contributed by atoms with Crippen molar-refractivity contribution in [3.63, 3.8) is 0 Å². The number of aryl methyl sites for hydroxylation is 1. The van der Waals surface area contributed by atoms with Gasteiger partial charge < -0.3 is 5.32 Å². The summed E-state index contributed by atoms with van der Waals surface area (Å²) < 4.78 is 13.3. The van der Waals surface area contributed by atoms with E-state index in [1.165, 1.54) is 29.3 Å². The van der Waals surface area contributed by atoms with Crippen molar-refractivity contribution in [1.82, 2.24) is 5.32 Å². The second-order valence-corrected chi connectivity index (χ2v) is 5.11. The lowest BCUT2D eigenvalue weighted by atomic mass is 10.0. The first kappa shape index (κ1) is 15.2. The molecule has 0 bridgehead atoms. The number of nitrogens with zero attached hydrogens (tertiary/aromatic N) is 1. The van der Waals surface area contributed by atoms with Crippen LogP contribution in [0.25, 0.3) is 0 Å². The molecule has 0 heterocycles. The zero-order chi connectivity index (χ0) is 15.2. The van der Waals surface area contributed by atoms with E-state index in [1.54, 1.807) is 0 Å². The molecule has 1 atom stereocenters. The number of nitriles is 1. The topological polar surface area (TPSA) is 35.8 Å². The van der Waals surface area contributed by atoms with Gasteiger partial charge in [-0.3, -0.25) is 0 Å². The van der Waals surface area contributed by atoms with Crippen molar-refractivity contribution in [3.8, 4) is 6.07 Å². The number of halogens is 1. The van der Waals surface area contributed by atoms with E-state index in [2.05, 4.69) is 49.5 Å². The van der Waals surface area contributed by atoms with Crippen LogP contribution < -0.4 is 5.32 Å². The van der Waals surface area contributed by atoms with E-state index < -0.39 is 0 Å². The summed E-state index contributed by atoms with van der Waals surface area (Å²) in [5, 5.41) is 12.4. The highest BCUT2D eigenvalue weighted by Crippen LogP contribution is 2.16. The first-order valence-electron chi connectivity index (χ1n) is 7.14. The lowest BCUT2D eigenvalue weighted by Gasteiger charge is -2.15. The summed E-state index contributed by atoms with van der Waals surface area (Å²) >= 11 is 0. The Morgan fingerprint density at radius 2 is 1.90 bits per heavy atom. The van der Waals surface area contributed by atoms with Gasteiger partial charge in [0.05, 0.1) is 11.6 Å². The molecule has 0 spiro atoms. The van der Waals surface area contributed by atoms with Gasteiger partial charge in [-0.05, 0) is 48.2 Å². The monoisotopic (exact) mass is 282 g/mol. The Morgan fingerprint density at radius 1 is 1.19 bits per heavy atom. The Balaban J connectivity index is 2.05. The molecule has 0 radical (unpaired) electrons. The average Bonchev–Trinajstić information content (AvgIpc) is 2.52. The molecule has 0 saturated carbocycles. The first-order valence-corrected chi connectivity index (χ1v) is 7.14. The summed E-state index contributed by atoms with van der Waals surface area (Å²) in [7, 11) is 0. The van der Waals surface area contributed by atoms with Gasteiger partial charge in [0.2, 0.25) is 0 Å². The van der Waals surface area contributed by atoms with Crippen molar-refractivity contribution >= 4 is 0 Å². The maximum absolute atomic E-state index is 13.3. The van der Waals surface area contributed by atoms with Gasteiger partial charge in [-0.2, -0.15) is 5.26 Å². The Morgan fingerprint density at radius 3 is 2.52 bits per heavy atom. The molecule has 21 heavy (non-hydrogen) atoms. The third-order valence-electron chi connectivity index (χ3n) is 3.67. The van der Waals surface area contributed by atoms with Crippen molar-refractivity contribution in [2.24, 2.45) is 0 Å². The fraction of sp³-hybridized carbons (Fsp3) is 0.278.